The zero-order valence-corrected chi connectivity index (χ0v) is 11.9. The van der Waals surface area contributed by atoms with E-state index in [-0.39, 0.29) is 5.91 Å². The first-order chi connectivity index (χ1) is 9.18. The van der Waals surface area contributed by atoms with E-state index in [0.29, 0.717) is 12.6 Å². The maximum Gasteiger partial charge on any atom is 0.253 e. The van der Waals surface area contributed by atoms with E-state index in [9.17, 15) is 4.79 Å². The number of rotatable bonds is 6. The lowest BCUT2D eigenvalue weighted by Gasteiger charge is -2.11. The predicted octanol–water partition coefficient (Wildman–Crippen LogP) is 2.41. The van der Waals surface area contributed by atoms with E-state index in [1.165, 1.54) is 25.7 Å². The van der Waals surface area contributed by atoms with Crippen molar-refractivity contribution < 1.29 is 9.53 Å². The molecule has 1 amide bonds. The van der Waals surface area contributed by atoms with Gasteiger partial charge in [-0.15, -0.1) is 0 Å². The van der Waals surface area contributed by atoms with Crippen LogP contribution in [0, 0.1) is 6.92 Å². The summed E-state index contributed by atoms with van der Waals surface area (Å²) >= 11 is 0. The van der Waals surface area contributed by atoms with Crippen LogP contribution in [0.4, 0.5) is 0 Å². The van der Waals surface area contributed by atoms with E-state index in [1.807, 2.05) is 30.8 Å². The second kappa shape index (κ2) is 6.75. The van der Waals surface area contributed by atoms with Crippen LogP contribution in [0.5, 0.6) is 0 Å². The molecule has 2 rings (SSSR count). The monoisotopic (exact) mass is 264 g/mol. The standard InChI is InChI=1S/C15H24N2O2/c1-12-14(8-10-17(12)2)15(18)16-9-5-11-19-13-6-3-4-7-13/h8,10,13H,3-7,9,11H2,1-2H3,(H,16,18). The van der Waals surface area contributed by atoms with Crippen molar-refractivity contribution >= 4 is 5.91 Å². The fraction of sp³-hybridized carbons (Fsp3) is 0.667. The summed E-state index contributed by atoms with van der Waals surface area (Å²) in [4.78, 5) is 11.9. The quantitative estimate of drug-likeness (QED) is 0.802. The van der Waals surface area contributed by atoms with E-state index in [0.717, 1.165) is 24.3 Å². The zero-order valence-electron chi connectivity index (χ0n) is 11.9. The molecule has 0 aromatic carbocycles. The van der Waals surface area contributed by atoms with Gasteiger partial charge in [0.05, 0.1) is 11.7 Å². The molecule has 0 saturated heterocycles. The molecule has 0 unspecified atom stereocenters. The number of nitrogens with zero attached hydrogens (tertiary/aromatic N) is 1. The molecule has 0 radical (unpaired) electrons. The number of aromatic nitrogens is 1. The molecule has 0 atom stereocenters. The van der Waals surface area contributed by atoms with Gasteiger partial charge in [0.15, 0.2) is 0 Å². The van der Waals surface area contributed by atoms with Gasteiger partial charge in [-0.1, -0.05) is 12.8 Å². The van der Waals surface area contributed by atoms with Crippen LogP contribution in [0.3, 0.4) is 0 Å². The van der Waals surface area contributed by atoms with E-state index in [4.69, 9.17) is 4.74 Å². The third-order valence-corrected chi connectivity index (χ3v) is 3.89. The number of aryl methyl sites for hydroxylation is 1. The van der Waals surface area contributed by atoms with Gasteiger partial charge in [-0.3, -0.25) is 4.79 Å². The van der Waals surface area contributed by atoms with Crippen molar-refractivity contribution in [2.75, 3.05) is 13.2 Å². The van der Waals surface area contributed by atoms with Crippen LogP contribution in [0.2, 0.25) is 0 Å². The second-order valence-corrected chi connectivity index (χ2v) is 5.31. The number of ether oxygens (including phenoxy) is 1. The van der Waals surface area contributed by atoms with E-state index in [2.05, 4.69) is 5.32 Å². The number of hydrogen-bond acceptors (Lipinski definition) is 2. The van der Waals surface area contributed by atoms with Crippen LogP contribution in [-0.2, 0) is 11.8 Å². The molecule has 1 saturated carbocycles. The third-order valence-electron chi connectivity index (χ3n) is 3.89. The van der Waals surface area contributed by atoms with Crippen LogP contribution in [0.15, 0.2) is 12.3 Å². The Bertz CT molecular complexity index is 420. The molecule has 4 heteroatoms. The topological polar surface area (TPSA) is 43.3 Å². The molecule has 1 fully saturated rings. The van der Waals surface area contributed by atoms with Gasteiger partial charge >= 0.3 is 0 Å². The van der Waals surface area contributed by atoms with Gasteiger partial charge in [-0.25, -0.2) is 0 Å². The second-order valence-electron chi connectivity index (χ2n) is 5.31. The Balaban J connectivity index is 1.62. The van der Waals surface area contributed by atoms with Crippen molar-refractivity contribution in [1.29, 1.82) is 0 Å². The van der Waals surface area contributed by atoms with Gasteiger partial charge in [0.2, 0.25) is 0 Å². The molecule has 1 N–H and O–H groups in total. The average Bonchev–Trinajstić information content (AvgIpc) is 3.01. The molecule has 1 heterocycles. The molecule has 1 aromatic rings. The molecule has 4 nitrogen and oxygen atoms in total. The van der Waals surface area contributed by atoms with Gasteiger partial charge in [0.25, 0.3) is 5.91 Å². The van der Waals surface area contributed by atoms with Crippen molar-refractivity contribution in [2.24, 2.45) is 7.05 Å². The molecule has 0 aliphatic heterocycles. The van der Waals surface area contributed by atoms with E-state index >= 15 is 0 Å². The zero-order chi connectivity index (χ0) is 13.7. The van der Waals surface area contributed by atoms with Gasteiger partial charge < -0.3 is 14.6 Å². The highest BCUT2D eigenvalue weighted by Crippen LogP contribution is 2.20. The first-order valence-electron chi connectivity index (χ1n) is 7.20. The van der Waals surface area contributed by atoms with Crippen LogP contribution in [-0.4, -0.2) is 29.7 Å². The highest BCUT2D eigenvalue weighted by atomic mass is 16.5. The predicted molar refractivity (Wildman–Crippen MR) is 75.3 cm³/mol. The molecule has 0 bridgehead atoms. The van der Waals surface area contributed by atoms with E-state index in [1.54, 1.807) is 0 Å². The third kappa shape index (κ3) is 3.83. The summed E-state index contributed by atoms with van der Waals surface area (Å²) < 4.78 is 7.72. The van der Waals surface area contributed by atoms with Crippen LogP contribution < -0.4 is 5.32 Å². The maximum atomic E-state index is 11.9. The SMILES string of the molecule is Cc1c(C(=O)NCCCOC2CCCC2)ccn1C. The van der Waals surface area contributed by atoms with Crippen LogP contribution in [0.25, 0.3) is 0 Å². The highest BCUT2D eigenvalue weighted by Gasteiger charge is 2.15. The number of hydrogen-bond donors (Lipinski definition) is 1. The Kier molecular flexibility index (Phi) is 5.02. The average molecular weight is 264 g/mol. The number of amides is 1. The summed E-state index contributed by atoms with van der Waals surface area (Å²) in [6.45, 7) is 3.39. The summed E-state index contributed by atoms with van der Waals surface area (Å²) in [6.07, 6.45) is 8.27. The highest BCUT2D eigenvalue weighted by molar-refractivity contribution is 5.95. The van der Waals surface area contributed by atoms with Crippen molar-refractivity contribution in [3.63, 3.8) is 0 Å². The number of nitrogens with one attached hydrogen (secondary N) is 1. The van der Waals surface area contributed by atoms with Gasteiger partial charge in [-0.05, 0) is 32.3 Å². The molecule has 1 aliphatic rings. The Morgan fingerprint density at radius 2 is 2.21 bits per heavy atom. The van der Waals surface area contributed by atoms with Gasteiger partial charge in [-0.2, -0.15) is 0 Å². The summed E-state index contributed by atoms with van der Waals surface area (Å²) in [5, 5.41) is 2.95. The number of carbonyl (C=O) groups is 1. The molecular weight excluding hydrogens is 240 g/mol. The van der Waals surface area contributed by atoms with Crippen molar-refractivity contribution in [3.05, 3.63) is 23.5 Å². The summed E-state index contributed by atoms with van der Waals surface area (Å²) in [5.41, 5.74) is 1.76. The molecule has 1 aliphatic carbocycles. The Morgan fingerprint density at radius 1 is 1.47 bits per heavy atom. The molecule has 1 aromatic heterocycles. The van der Waals surface area contributed by atoms with Crippen molar-refractivity contribution in [1.82, 2.24) is 9.88 Å². The lowest BCUT2D eigenvalue weighted by molar-refractivity contribution is 0.0565. The molecule has 19 heavy (non-hydrogen) atoms. The Hall–Kier alpha value is -1.29. The fourth-order valence-corrected chi connectivity index (χ4v) is 2.52. The van der Waals surface area contributed by atoms with Gasteiger partial charge in [0, 0.05) is 32.1 Å². The first kappa shape index (κ1) is 14.1. The first-order valence-corrected chi connectivity index (χ1v) is 7.20. The molecule has 0 spiro atoms. The largest absolute Gasteiger partial charge is 0.378 e. The minimum atomic E-state index is 0.0129. The van der Waals surface area contributed by atoms with E-state index < -0.39 is 0 Å². The normalized spacial score (nSPS) is 15.9. The smallest absolute Gasteiger partial charge is 0.253 e. The minimum Gasteiger partial charge on any atom is -0.378 e. The van der Waals surface area contributed by atoms with Crippen molar-refractivity contribution in [2.45, 2.75) is 45.1 Å². The summed E-state index contributed by atoms with van der Waals surface area (Å²) in [5.74, 6) is 0.0129. The summed E-state index contributed by atoms with van der Waals surface area (Å²) in [7, 11) is 1.95. The number of carbonyl (C=O) groups excluding carboxylic acids is 1. The van der Waals surface area contributed by atoms with Crippen LogP contribution >= 0.6 is 0 Å². The Morgan fingerprint density at radius 3 is 2.84 bits per heavy atom. The minimum absolute atomic E-state index is 0.0129. The van der Waals surface area contributed by atoms with Gasteiger partial charge in [0.1, 0.15) is 0 Å². The molecule has 106 valence electrons. The summed E-state index contributed by atoms with van der Waals surface area (Å²) in [6, 6.07) is 1.86. The Labute approximate surface area is 115 Å². The van der Waals surface area contributed by atoms with Crippen LogP contribution in [0.1, 0.15) is 48.2 Å². The lowest BCUT2D eigenvalue weighted by atomic mass is 10.2. The van der Waals surface area contributed by atoms with Crippen molar-refractivity contribution in [3.8, 4) is 0 Å². The maximum absolute atomic E-state index is 11.9. The fourth-order valence-electron chi connectivity index (χ4n) is 2.52. The molecular formula is C15H24N2O2. The lowest BCUT2D eigenvalue weighted by Crippen LogP contribution is -2.26.